The van der Waals surface area contributed by atoms with E-state index in [1.54, 1.807) is 0 Å². The second kappa shape index (κ2) is 4.20. The van der Waals surface area contributed by atoms with Gasteiger partial charge in [0.25, 0.3) is 0 Å². The molecule has 5 N–H and O–H groups in total. The number of anilines is 2. The number of aliphatic hydroxyl groups is 2. The molecule has 0 aromatic carbocycles. The summed E-state index contributed by atoms with van der Waals surface area (Å²) in [4.78, 5) is 9.92. The largest absolute Gasteiger partial charge is 0.389 e. The van der Waals surface area contributed by atoms with Gasteiger partial charge in [0.2, 0.25) is 0 Å². The van der Waals surface area contributed by atoms with Gasteiger partial charge in [0.15, 0.2) is 0 Å². The summed E-state index contributed by atoms with van der Waals surface area (Å²) >= 11 is 0. The van der Waals surface area contributed by atoms with Gasteiger partial charge in [-0.1, -0.05) is 0 Å². The van der Waals surface area contributed by atoms with Crippen molar-refractivity contribution in [3.8, 4) is 0 Å². The molecular weight excluding hydrogens is 210 g/mol. The van der Waals surface area contributed by atoms with Crippen LogP contribution in [0.4, 0.5) is 11.6 Å². The zero-order valence-corrected chi connectivity index (χ0v) is 8.96. The molecule has 88 valence electrons. The summed E-state index contributed by atoms with van der Waals surface area (Å²) in [6.45, 7) is 2.56. The molecule has 1 aliphatic rings. The number of hydrazine groups is 1. The Balaban J connectivity index is 2.28. The first-order chi connectivity index (χ1) is 7.63. The van der Waals surface area contributed by atoms with E-state index in [1.807, 2.05) is 11.8 Å². The predicted molar refractivity (Wildman–Crippen MR) is 58.8 cm³/mol. The molecule has 0 saturated carbocycles. The highest BCUT2D eigenvalue weighted by molar-refractivity contribution is 5.58. The van der Waals surface area contributed by atoms with Crippen LogP contribution in [0.2, 0.25) is 0 Å². The first kappa shape index (κ1) is 11.1. The fourth-order valence-corrected chi connectivity index (χ4v) is 1.85. The first-order valence-corrected chi connectivity index (χ1v) is 5.02. The highest BCUT2D eigenvalue weighted by Gasteiger charge is 2.31. The van der Waals surface area contributed by atoms with Crippen LogP contribution in [0.3, 0.4) is 0 Å². The molecule has 16 heavy (non-hydrogen) atoms. The standard InChI is InChI=1S/C9H15N5O2/c1-5-8(13-10)11-4-12-9(5)14-2-6(15)7(16)3-14/h4,6-7,15-16H,2-3,10H2,1H3,(H,11,12,13). The van der Waals surface area contributed by atoms with Gasteiger partial charge < -0.3 is 20.5 Å². The highest BCUT2D eigenvalue weighted by atomic mass is 16.3. The van der Waals surface area contributed by atoms with E-state index in [9.17, 15) is 10.2 Å². The van der Waals surface area contributed by atoms with Crippen LogP contribution in [0.15, 0.2) is 6.33 Å². The van der Waals surface area contributed by atoms with Crippen molar-refractivity contribution in [2.75, 3.05) is 23.4 Å². The van der Waals surface area contributed by atoms with Crippen molar-refractivity contribution in [2.45, 2.75) is 19.1 Å². The fourth-order valence-electron chi connectivity index (χ4n) is 1.85. The predicted octanol–water partition coefficient (Wildman–Crippen LogP) is -1.39. The lowest BCUT2D eigenvalue weighted by atomic mass is 10.3. The van der Waals surface area contributed by atoms with E-state index in [0.29, 0.717) is 24.7 Å². The lowest BCUT2D eigenvalue weighted by Gasteiger charge is -2.19. The number of aromatic nitrogens is 2. The number of nitrogens with one attached hydrogen (secondary N) is 1. The number of aliphatic hydroxyl groups excluding tert-OH is 2. The van der Waals surface area contributed by atoms with Crippen LogP contribution in [-0.2, 0) is 0 Å². The Bertz CT molecular complexity index is 376. The molecule has 1 aromatic rings. The highest BCUT2D eigenvalue weighted by Crippen LogP contribution is 2.24. The van der Waals surface area contributed by atoms with Gasteiger partial charge in [0, 0.05) is 18.7 Å². The van der Waals surface area contributed by atoms with E-state index in [4.69, 9.17) is 5.84 Å². The number of hydrogen-bond donors (Lipinski definition) is 4. The molecule has 1 aromatic heterocycles. The van der Waals surface area contributed by atoms with Gasteiger partial charge in [-0.3, -0.25) is 0 Å². The van der Waals surface area contributed by atoms with Gasteiger partial charge in [0.1, 0.15) is 18.0 Å². The first-order valence-electron chi connectivity index (χ1n) is 5.02. The van der Waals surface area contributed by atoms with E-state index in [2.05, 4.69) is 15.4 Å². The molecule has 2 heterocycles. The van der Waals surface area contributed by atoms with Crippen LogP contribution in [-0.4, -0.2) is 45.5 Å². The number of rotatable bonds is 2. The van der Waals surface area contributed by atoms with Gasteiger partial charge in [-0.2, -0.15) is 0 Å². The smallest absolute Gasteiger partial charge is 0.148 e. The zero-order valence-electron chi connectivity index (χ0n) is 8.96. The normalized spacial score (nSPS) is 24.9. The Morgan fingerprint density at radius 1 is 1.38 bits per heavy atom. The Hall–Kier alpha value is -1.44. The second-order valence-electron chi connectivity index (χ2n) is 3.85. The Morgan fingerprint density at radius 2 is 2.00 bits per heavy atom. The van der Waals surface area contributed by atoms with Crippen molar-refractivity contribution in [3.63, 3.8) is 0 Å². The van der Waals surface area contributed by atoms with E-state index in [-0.39, 0.29) is 0 Å². The van der Waals surface area contributed by atoms with Crippen LogP contribution in [0.1, 0.15) is 5.56 Å². The molecule has 7 nitrogen and oxygen atoms in total. The Morgan fingerprint density at radius 3 is 2.56 bits per heavy atom. The van der Waals surface area contributed by atoms with Gasteiger partial charge >= 0.3 is 0 Å². The minimum absolute atomic E-state index is 0.364. The van der Waals surface area contributed by atoms with Crippen molar-refractivity contribution in [1.29, 1.82) is 0 Å². The molecule has 2 unspecified atom stereocenters. The van der Waals surface area contributed by atoms with Crippen LogP contribution >= 0.6 is 0 Å². The summed E-state index contributed by atoms with van der Waals surface area (Å²) in [6.07, 6.45) is -0.0680. The van der Waals surface area contributed by atoms with Gasteiger partial charge in [-0.05, 0) is 6.92 Å². The third-order valence-electron chi connectivity index (χ3n) is 2.75. The summed E-state index contributed by atoms with van der Waals surface area (Å²) in [6, 6.07) is 0. The molecule has 1 aliphatic heterocycles. The molecule has 0 spiro atoms. The summed E-state index contributed by atoms with van der Waals surface area (Å²) in [5.41, 5.74) is 3.28. The van der Waals surface area contributed by atoms with Crippen molar-refractivity contribution in [3.05, 3.63) is 11.9 Å². The quantitative estimate of drug-likeness (QED) is 0.362. The second-order valence-corrected chi connectivity index (χ2v) is 3.85. The third-order valence-corrected chi connectivity index (χ3v) is 2.75. The average Bonchev–Trinajstić information content (AvgIpc) is 2.59. The average molecular weight is 225 g/mol. The number of nitrogens with two attached hydrogens (primary N) is 1. The van der Waals surface area contributed by atoms with Gasteiger partial charge in [0.05, 0.1) is 12.2 Å². The zero-order chi connectivity index (χ0) is 11.7. The van der Waals surface area contributed by atoms with Crippen LogP contribution in [0, 0.1) is 6.92 Å². The maximum absolute atomic E-state index is 9.47. The number of nitrogens with zero attached hydrogens (tertiary/aromatic N) is 3. The molecule has 0 amide bonds. The Labute approximate surface area is 92.9 Å². The van der Waals surface area contributed by atoms with Crippen LogP contribution in [0.25, 0.3) is 0 Å². The summed E-state index contributed by atoms with van der Waals surface area (Å²) < 4.78 is 0. The lowest BCUT2D eigenvalue weighted by Crippen LogP contribution is -2.24. The number of hydrogen-bond acceptors (Lipinski definition) is 7. The van der Waals surface area contributed by atoms with Gasteiger partial charge in [-0.15, -0.1) is 0 Å². The summed E-state index contributed by atoms with van der Waals surface area (Å²) in [5, 5.41) is 18.9. The Kier molecular flexibility index (Phi) is 2.90. The maximum atomic E-state index is 9.47. The summed E-state index contributed by atoms with van der Waals surface area (Å²) in [5.74, 6) is 6.54. The molecule has 1 fully saturated rings. The molecule has 0 radical (unpaired) electrons. The topological polar surface area (TPSA) is 108 Å². The van der Waals surface area contributed by atoms with Gasteiger partial charge in [-0.25, -0.2) is 15.8 Å². The maximum Gasteiger partial charge on any atom is 0.148 e. The van der Waals surface area contributed by atoms with Crippen molar-refractivity contribution in [2.24, 2.45) is 5.84 Å². The molecule has 2 atom stereocenters. The monoisotopic (exact) mass is 225 g/mol. The molecule has 1 saturated heterocycles. The minimum Gasteiger partial charge on any atom is -0.389 e. The van der Waals surface area contributed by atoms with Crippen LogP contribution < -0.4 is 16.2 Å². The third kappa shape index (κ3) is 1.80. The molecule has 0 bridgehead atoms. The van der Waals surface area contributed by atoms with E-state index >= 15 is 0 Å². The SMILES string of the molecule is Cc1c(NN)ncnc1N1CC(O)C(O)C1. The van der Waals surface area contributed by atoms with Crippen molar-refractivity contribution < 1.29 is 10.2 Å². The minimum atomic E-state index is -0.733. The van der Waals surface area contributed by atoms with Crippen LogP contribution in [0.5, 0.6) is 0 Å². The number of β-amino-alcohol motifs (C(OH)–C–C–N with tert-alkyl or cyclic N) is 2. The summed E-state index contributed by atoms with van der Waals surface area (Å²) in [7, 11) is 0. The fraction of sp³-hybridized carbons (Fsp3) is 0.556. The van der Waals surface area contributed by atoms with E-state index in [0.717, 1.165) is 5.56 Å². The molecule has 0 aliphatic carbocycles. The lowest BCUT2D eigenvalue weighted by molar-refractivity contribution is 0.0572. The molecular formula is C9H15N5O2. The van der Waals surface area contributed by atoms with Crippen molar-refractivity contribution in [1.82, 2.24) is 9.97 Å². The molecule has 7 heteroatoms. The van der Waals surface area contributed by atoms with E-state index < -0.39 is 12.2 Å². The number of nitrogen functional groups attached to an aromatic ring is 1. The van der Waals surface area contributed by atoms with Crippen molar-refractivity contribution >= 4 is 11.6 Å². The van der Waals surface area contributed by atoms with E-state index in [1.165, 1.54) is 6.33 Å². The molecule has 2 rings (SSSR count).